The molecule has 0 atom stereocenters. The Labute approximate surface area is 93.3 Å². The highest BCUT2D eigenvalue weighted by atomic mass is 16.5. The van der Waals surface area contributed by atoms with Crippen LogP contribution < -0.4 is 0 Å². The van der Waals surface area contributed by atoms with Gasteiger partial charge in [0.15, 0.2) is 0 Å². The Morgan fingerprint density at radius 3 is 2.53 bits per heavy atom. The van der Waals surface area contributed by atoms with Gasteiger partial charge in [-0.3, -0.25) is 0 Å². The molecule has 0 amide bonds. The molecule has 0 aliphatic carbocycles. The molecule has 2 radical (unpaired) electrons. The number of ether oxygens (including phenoxy) is 1. The molecule has 0 aliphatic rings. The molecule has 15 heavy (non-hydrogen) atoms. The van der Waals surface area contributed by atoms with Gasteiger partial charge in [-0.1, -0.05) is 33.4 Å². The lowest BCUT2D eigenvalue weighted by Gasteiger charge is -2.10. The van der Waals surface area contributed by atoms with Crippen LogP contribution >= 0.6 is 0 Å². The van der Waals surface area contributed by atoms with Crippen LogP contribution in [-0.2, 0) is 4.74 Å². The third kappa shape index (κ3) is 5.80. The molecule has 2 nitrogen and oxygen atoms in total. The van der Waals surface area contributed by atoms with Crippen LogP contribution in [0.4, 0.5) is 0 Å². The maximum absolute atomic E-state index is 8.91. The van der Waals surface area contributed by atoms with E-state index in [0.29, 0.717) is 29.3 Å². The van der Waals surface area contributed by atoms with Crippen molar-refractivity contribution in [2.24, 2.45) is 5.92 Å². The minimum absolute atomic E-state index is 0.405. The third-order valence-corrected chi connectivity index (χ3v) is 1.52. The molecular weight excluding hydrogens is 185 g/mol. The van der Waals surface area contributed by atoms with E-state index in [-0.39, 0.29) is 0 Å². The Balaban J connectivity index is 4.85. The van der Waals surface area contributed by atoms with Gasteiger partial charge in [-0.2, -0.15) is 5.26 Å². The largest absolute Gasteiger partial charge is 0.492 e. The van der Waals surface area contributed by atoms with Crippen molar-refractivity contribution in [1.29, 1.82) is 5.26 Å². The van der Waals surface area contributed by atoms with Crippen molar-refractivity contribution in [3.63, 3.8) is 0 Å². The average Bonchev–Trinajstić information content (AvgIpc) is 2.15. The molecule has 0 saturated carbocycles. The molecule has 0 aliphatic heterocycles. The first-order chi connectivity index (χ1) is 7.01. The summed E-state index contributed by atoms with van der Waals surface area (Å²) in [7, 11) is 5.50. The zero-order valence-electron chi connectivity index (χ0n) is 9.58. The van der Waals surface area contributed by atoms with Crippen LogP contribution in [0, 0.1) is 17.2 Å². The van der Waals surface area contributed by atoms with E-state index >= 15 is 0 Å². The van der Waals surface area contributed by atoms with Crippen molar-refractivity contribution < 1.29 is 4.74 Å². The van der Waals surface area contributed by atoms with Gasteiger partial charge in [0.25, 0.3) is 0 Å². The van der Waals surface area contributed by atoms with Crippen molar-refractivity contribution in [3.05, 3.63) is 35.5 Å². The van der Waals surface area contributed by atoms with Gasteiger partial charge >= 0.3 is 0 Å². The van der Waals surface area contributed by atoms with E-state index in [1.807, 2.05) is 19.9 Å². The fourth-order valence-corrected chi connectivity index (χ4v) is 0.889. The normalized spacial score (nSPS) is 13.1. The molecule has 0 rings (SSSR count). The second-order valence-electron chi connectivity index (χ2n) is 3.69. The molecule has 0 fully saturated rings. The van der Waals surface area contributed by atoms with Crippen LogP contribution in [0.15, 0.2) is 35.5 Å². The van der Waals surface area contributed by atoms with Crippen LogP contribution in [0.3, 0.4) is 0 Å². The Kier molecular flexibility index (Phi) is 6.29. The maximum atomic E-state index is 8.91. The molecule has 0 N–H and O–H groups in total. The second-order valence-corrected chi connectivity index (χ2v) is 3.69. The first-order valence-corrected chi connectivity index (χ1v) is 4.84. The fourth-order valence-electron chi connectivity index (χ4n) is 0.889. The summed E-state index contributed by atoms with van der Waals surface area (Å²) in [5.41, 5.74) is 0.977. The minimum Gasteiger partial charge on any atom is -0.492 e. The number of hydrogen-bond donors (Lipinski definition) is 0. The van der Waals surface area contributed by atoms with E-state index in [1.54, 1.807) is 13.0 Å². The number of rotatable bonds is 5. The van der Waals surface area contributed by atoms with E-state index in [9.17, 15) is 0 Å². The van der Waals surface area contributed by atoms with E-state index in [0.717, 1.165) is 0 Å². The molecular formula is C12H16BNO. The number of hydrogen-bond acceptors (Lipinski definition) is 2. The topological polar surface area (TPSA) is 33.0 Å². The Bertz CT molecular complexity index is 317. The highest BCUT2D eigenvalue weighted by Gasteiger charge is 2.03. The van der Waals surface area contributed by atoms with Gasteiger partial charge in [0.05, 0.1) is 12.2 Å². The molecule has 0 spiro atoms. The van der Waals surface area contributed by atoms with Crippen LogP contribution in [0.1, 0.15) is 20.8 Å². The Morgan fingerprint density at radius 2 is 2.20 bits per heavy atom. The number of nitriles is 1. The molecule has 0 heterocycles. The second kappa shape index (κ2) is 6.95. The quantitative estimate of drug-likeness (QED) is 0.296. The molecule has 78 valence electrons. The van der Waals surface area contributed by atoms with Gasteiger partial charge in [0.2, 0.25) is 0 Å². The lowest BCUT2D eigenvalue weighted by atomic mass is 9.95. The van der Waals surface area contributed by atoms with Gasteiger partial charge < -0.3 is 4.74 Å². The summed E-state index contributed by atoms with van der Waals surface area (Å²) < 4.78 is 5.45. The van der Waals surface area contributed by atoms with Gasteiger partial charge in [0, 0.05) is 0 Å². The van der Waals surface area contributed by atoms with Crippen molar-refractivity contribution >= 4 is 7.85 Å². The summed E-state index contributed by atoms with van der Waals surface area (Å²) in [4.78, 5) is 0. The molecule has 0 aromatic rings. The Morgan fingerprint density at radius 1 is 1.60 bits per heavy atom. The lowest BCUT2D eigenvalue weighted by Crippen LogP contribution is -2.02. The van der Waals surface area contributed by atoms with Gasteiger partial charge in [-0.05, 0) is 12.0 Å². The monoisotopic (exact) mass is 201 g/mol. The summed E-state index contributed by atoms with van der Waals surface area (Å²) in [5.74, 6) is 0.888. The molecule has 0 aromatic heterocycles. The van der Waals surface area contributed by atoms with E-state index in [1.165, 1.54) is 6.08 Å². The highest BCUT2D eigenvalue weighted by Crippen LogP contribution is 2.11. The SMILES string of the molecule is [B]/C(C)=C/C(C#N)=C(\C=C)OCC(C)C. The predicted molar refractivity (Wildman–Crippen MR) is 63.1 cm³/mol. The first kappa shape index (κ1) is 13.6. The fraction of sp³-hybridized carbons (Fsp3) is 0.417. The molecule has 0 saturated heterocycles. The van der Waals surface area contributed by atoms with Gasteiger partial charge in [-0.25, -0.2) is 0 Å². The zero-order valence-corrected chi connectivity index (χ0v) is 9.58. The van der Waals surface area contributed by atoms with Crippen LogP contribution in [-0.4, -0.2) is 14.5 Å². The standard InChI is InChI=1S/C12H16BNO/c1-5-12(15-8-9(2)3)11(7-14)6-10(4)13/h5-6,9H,1,8H2,2-4H3/b10-6+,12-11-. The molecule has 0 bridgehead atoms. The van der Waals surface area contributed by atoms with Gasteiger partial charge in [0.1, 0.15) is 19.7 Å². The number of nitrogens with zero attached hydrogens (tertiary/aromatic N) is 1. The summed E-state index contributed by atoms with van der Waals surface area (Å²) in [6.07, 6.45) is 3.11. The smallest absolute Gasteiger partial charge is 0.136 e. The maximum Gasteiger partial charge on any atom is 0.136 e. The molecule has 3 heteroatoms. The van der Waals surface area contributed by atoms with Crippen molar-refractivity contribution in [2.75, 3.05) is 6.61 Å². The van der Waals surface area contributed by atoms with Crippen LogP contribution in [0.2, 0.25) is 0 Å². The summed E-state index contributed by atoms with van der Waals surface area (Å²) in [6, 6.07) is 2.04. The van der Waals surface area contributed by atoms with Crippen molar-refractivity contribution in [2.45, 2.75) is 20.8 Å². The lowest BCUT2D eigenvalue weighted by molar-refractivity contribution is 0.189. The van der Waals surface area contributed by atoms with Crippen LogP contribution in [0.5, 0.6) is 0 Å². The van der Waals surface area contributed by atoms with Gasteiger partial charge in [-0.15, -0.1) is 5.47 Å². The van der Waals surface area contributed by atoms with Crippen LogP contribution in [0.25, 0.3) is 0 Å². The highest BCUT2D eigenvalue weighted by molar-refractivity contribution is 6.21. The van der Waals surface area contributed by atoms with E-state index in [2.05, 4.69) is 6.58 Å². The van der Waals surface area contributed by atoms with E-state index in [4.69, 9.17) is 17.8 Å². The number of allylic oxidation sites excluding steroid dienone is 4. The average molecular weight is 201 g/mol. The Hall–Kier alpha value is -1.43. The minimum atomic E-state index is 0.405. The molecule has 0 unspecified atom stereocenters. The predicted octanol–water partition coefficient (Wildman–Crippen LogP) is 2.69. The van der Waals surface area contributed by atoms with E-state index < -0.39 is 0 Å². The summed E-state index contributed by atoms with van der Waals surface area (Å²) in [5, 5.41) is 8.91. The third-order valence-electron chi connectivity index (χ3n) is 1.52. The zero-order chi connectivity index (χ0) is 11.8. The van der Waals surface area contributed by atoms with Crippen molar-refractivity contribution in [3.8, 4) is 6.07 Å². The first-order valence-electron chi connectivity index (χ1n) is 4.84. The summed E-state index contributed by atoms with van der Waals surface area (Å²) in [6.45, 7) is 9.97. The van der Waals surface area contributed by atoms with Crippen molar-refractivity contribution in [1.82, 2.24) is 0 Å². The summed E-state index contributed by atoms with van der Waals surface area (Å²) >= 11 is 0. The molecule has 0 aromatic carbocycles.